The predicted molar refractivity (Wildman–Crippen MR) is 81.4 cm³/mol. The molecule has 1 aliphatic rings. The minimum Gasteiger partial charge on any atom is -0.381 e. The average Bonchev–Trinajstić information content (AvgIpc) is 3.05. The van der Waals surface area contributed by atoms with E-state index in [9.17, 15) is 0 Å². The van der Waals surface area contributed by atoms with Gasteiger partial charge in [0.25, 0.3) is 0 Å². The van der Waals surface area contributed by atoms with Gasteiger partial charge in [-0.15, -0.1) is 10.2 Å². The minimum absolute atomic E-state index is 0.504. The number of ether oxygens (including phenoxy) is 1. The van der Waals surface area contributed by atoms with Crippen molar-refractivity contribution < 1.29 is 4.74 Å². The normalized spacial score (nSPS) is 20.7. The molecule has 1 aromatic heterocycles. The first-order chi connectivity index (χ1) is 9.20. The molecule has 2 atom stereocenters. The Morgan fingerprint density at radius 1 is 1.53 bits per heavy atom. The summed E-state index contributed by atoms with van der Waals surface area (Å²) >= 11 is 3.44. The van der Waals surface area contributed by atoms with E-state index < -0.39 is 0 Å². The lowest BCUT2D eigenvalue weighted by Crippen LogP contribution is -2.38. The SMILES string of the molecule is CCNC(CSc1nnc(N(C)C)s1)C1CCOC1. The molecule has 108 valence electrons. The van der Waals surface area contributed by atoms with Gasteiger partial charge in [0.2, 0.25) is 5.13 Å². The molecule has 5 nitrogen and oxygen atoms in total. The highest BCUT2D eigenvalue weighted by atomic mass is 32.2. The van der Waals surface area contributed by atoms with Crippen LogP contribution in [0.15, 0.2) is 4.34 Å². The molecule has 1 aliphatic heterocycles. The molecule has 0 aromatic carbocycles. The van der Waals surface area contributed by atoms with Crippen molar-refractivity contribution in [3.63, 3.8) is 0 Å². The van der Waals surface area contributed by atoms with E-state index in [1.54, 1.807) is 23.1 Å². The lowest BCUT2D eigenvalue weighted by atomic mass is 10.0. The lowest BCUT2D eigenvalue weighted by molar-refractivity contribution is 0.179. The molecule has 0 saturated carbocycles. The number of hydrogen-bond acceptors (Lipinski definition) is 7. The Balaban J connectivity index is 1.86. The van der Waals surface area contributed by atoms with Crippen molar-refractivity contribution in [2.45, 2.75) is 23.7 Å². The lowest BCUT2D eigenvalue weighted by Gasteiger charge is -2.22. The summed E-state index contributed by atoms with van der Waals surface area (Å²) in [6, 6.07) is 0.504. The zero-order chi connectivity index (χ0) is 13.7. The summed E-state index contributed by atoms with van der Waals surface area (Å²) in [5, 5.41) is 12.9. The van der Waals surface area contributed by atoms with E-state index >= 15 is 0 Å². The Labute approximate surface area is 123 Å². The molecule has 1 saturated heterocycles. The summed E-state index contributed by atoms with van der Waals surface area (Å²) in [6.45, 7) is 4.95. The van der Waals surface area contributed by atoms with Crippen molar-refractivity contribution in [2.24, 2.45) is 5.92 Å². The van der Waals surface area contributed by atoms with Crippen molar-refractivity contribution >= 4 is 28.2 Å². The minimum atomic E-state index is 0.504. The van der Waals surface area contributed by atoms with Gasteiger partial charge in [-0.3, -0.25) is 0 Å². The molecule has 1 fully saturated rings. The maximum atomic E-state index is 5.49. The maximum absolute atomic E-state index is 5.49. The fourth-order valence-corrected chi connectivity index (χ4v) is 4.07. The molecule has 1 N–H and O–H groups in total. The second kappa shape index (κ2) is 7.42. The molecule has 0 bridgehead atoms. The van der Waals surface area contributed by atoms with Crippen LogP contribution in [0.3, 0.4) is 0 Å². The van der Waals surface area contributed by atoms with Crippen LogP contribution in [0.2, 0.25) is 0 Å². The monoisotopic (exact) mass is 302 g/mol. The number of aromatic nitrogens is 2. The Kier molecular flexibility index (Phi) is 5.87. The molecule has 0 aliphatic carbocycles. The number of nitrogens with one attached hydrogen (secondary N) is 1. The predicted octanol–water partition coefficient (Wildman–Crippen LogP) is 1.71. The number of hydrogen-bond donors (Lipinski definition) is 1. The van der Waals surface area contributed by atoms with Crippen molar-refractivity contribution in [3.8, 4) is 0 Å². The van der Waals surface area contributed by atoms with Gasteiger partial charge in [0, 0.05) is 38.4 Å². The Bertz CT molecular complexity index is 380. The number of rotatable bonds is 7. The Hall–Kier alpha value is -0.370. The quantitative estimate of drug-likeness (QED) is 0.774. The van der Waals surface area contributed by atoms with E-state index in [2.05, 4.69) is 22.4 Å². The van der Waals surface area contributed by atoms with Crippen LogP contribution in [0.5, 0.6) is 0 Å². The summed E-state index contributed by atoms with van der Waals surface area (Å²) in [6.07, 6.45) is 1.16. The summed E-state index contributed by atoms with van der Waals surface area (Å²) in [5.74, 6) is 1.66. The van der Waals surface area contributed by atoms with Gasteiger partial charge in [-0.05, 0) is 13.0 Å². The molecule has 2 heterocycles. The van der Waals surface area contributed by atoms with E-state index in [1.165, 1.54) is 0 Å². The molecule has 1 aromatic rings. The van der Waals surface area contributed by atoms with Gasteiger partial charge in [-0.1, -0.05) is 30.0 Å². The van der Waals surface area contributed by atoms with Crippen molar-refractivity contribution in [1.82, 2.24) is 15.5 Å². The third kappa shape index (κ3) is 4.30. The van der Waals surface area contributed by atoms with E-state index in [4.69, 9.17) is 4.74 Å². The highest BCUT2D eigenvalue weighted by Gasteiger charge is 2.25. The first-order valence-electron chi connectivity index (χ1n) is 6.65. The second-order valence-electron chi connectivity index (χ2n) is 4.84. The third-order valence-electron chi connectivity index (χ3n) is 3.16. The third-order valence-corrected chi connectivity index (χ3v) is 5.51. The zero-order valence-electron chi connectivity index (χ0n) is 11.8. The molecule has 2 rings (SSSR count). The van der Waals surface area contributed by atoms with E-state index in [-0.39, 0.29) is 0 Å². The van der Waals surface area contributed by atoms with Crippen LogP contribution < -0.4 is 10.2 Å². The molecular formula is C12H22N4OS2. The van der Waals surface area contributed by atoms with E-state index in [0.29, 0.717) is 12.0 Å². The van der Waals surface area contributed by atoms with Crippen molar-refractivity contribution in [2.75, 3.05) is 44.5 Å². The van der Waals surface area contributed by atoms with Gasteiger partial charge < -0.3 is 15.0 Å². The first kappa shape index (κ1) is 15.0. The van der Waals surface area contributed by atoms with Gasteiger partial charge in [0.05, 0.1) is 6.61 Å². The summed E-state index contributed by atoms with van der Waals surface area (Å²) in [4.78, 5) is 1.99. The zero-order valence-corrected chi connectivity index (χ0v) is 13.4. The Morgan fingerprint density at radius 3 is 2.95 bits per heavy atom. The average molecular weight is 302 g/mol. The van der Waals surface area contributed by atoms with Crippen LogP contribution in [0.1, 0.15) is 13.3 Å². The van der Waals surface area contributed by atoms with Crippen molar-refractivity contribution in [1.29, 1.82) is 0 Å². The van der Waals surface area contributed by atoms with Crippen LogP contribution in [0.4, 0.5) is 5.13 Å². The van der Waals surface area contributed by atoms with Gasteiger partial charge in [0.15, 0.2) is 4.34 Å². The summed E-state index contributed by atoms with van der Waals surface area (Å²) in [7, 11) is 3.98. The number of anilines is 1. The van der Waals surface area contributed by atoms with Gasteiger partial charge in [-0.2, -0.15) is 0 Å². The highest BCUT2D eigenvalue weighted by molar-refractivity contribution is 8.01. The van der Waals surface area contributed by atoms with Gasteiger partial charge in [0.1, 0.15) is 0 Å². The summed E-state index contributed by atoms with van der Waals surface area (Å²) in [5.41, 5.74) is 0. The molecule has 19 heavy (non-hydrogen) atoms. The molecule has 0 spiro atoms. The number of thioether (sulfide) groups is 1. The maximum Gasteiger partial charge on any atom is 0.208 e. The topological polar surface area (TPSA) is 50.3 Å². The van der Waals surface area contributed by atoms with Crippen LogP contribution in [-0.4, -0.2) is 55.8 Å². The van der Waals surface area contributed by atoms with Crippen LogP contribution in [0.25, 0.3) is 0 Å². The molecule has 2 unspecified atom stereocenters. The van der Waals surface area contributed by atoms with Gasteiger partial charge >= 0.3 is 0 Å². The second-order valence-corrected chi connectivity index (χ2v) is 7.07. The smallest absolute Gasteiger partial charge is 0.208 e. The van der Waals surface area contributed by atoms with E-state index in [1.807, 2.05) is 19.0 Å². The van der Waals surface area contributed by atoms with Crippen LogP contribution in [0, 0.1) is 5.92 Å². The standard InChI is InChI=1S/C12H22N4OS2/c1-4-13-10(9-5-6-17-7-9)8-18-12-15-14-11(19-12)16(2)3/h9-10,13H,4-8H2,1-3H3. The first-order valence-corrected chi connectivity index (χ1v) is 8.45. The fraction of sp³-hybridized carbons (Fsp3) is 0.833. The summed E-state index contributed by atoms with van der Waals surface area (Å²) < 4.78 is 6.54. The highest BCUT2D eigenvalue weighted by Crippen LogP contribution is 2.29. The molecule has 0 amide bonds. The van der Waals surface area contributed by atoms with Crippen molar-refractivity contribution in [3.05, 3.63) is 0 Å². The molecule has 0 radical (unpaired) electrons. The van der Waals surface area contributed by atoms with E-state index in [0.717, 1.165) is 41.4 Å². The number of nitrogens with zero attached hydrogens (tertiary/aromatic N) is 3. The largest absolute Gasteiger partial charge is 0.381 e. The fourth-order valence-electron chi connectivity index (χ4n) is 2.10. The van der Waals surface area contributed by atoms with Crippen LogP contribution in [-0.2, 0) is 4.74 Å². The Morgan fingerprint density at radius 2 is 2.37 bits per heavy atom. The van der Waals surface area contributed by atoms with Crippen LogP contribution >= 0.6 is 23.1 Å². The van der Waals surface area contributed by atoms with Gasteiger partial charge in [-0.25, -0.2) is 0 Å². The molecular weight excluding hydrogens is 280 g/mol. The molecule has 7 heteroatoms.